The Morgan fingerprint density at radius 2 is 1.65 bits per heavy atom. The molecule has 6 heteroatoms. The molecule has 3 nitrogen and oxygen atoms in total. The third-order valence-corrected chi connectivity index (χ3v) is 2.71. The van der Waals surface area contributed by atoms with Gasteiger partial charge in [0, 0.05) is 17.8 Å². The molecule has 2 aromatic carbocycles. The molecule has 0 aromatic heterocycles. The fourth-order valence-corrected chi connectivity index (χ4v) is 1.74. The predicted molar refractivity (Wildman–Crippen MR) is 67.2 cm³/mol. The van der Waals surface area contributed by atoms with E-state index in [1.807, 2.05) is 0 Å². The molecule has 0 aliphatic carbocycles. The molecule has 2 aromatic rings. The van der Waals surface area contributed by atoms with Crippen molar-refractivity contribution in [2.45, 2.75) is 0 Å². The number of carbonyl (C=O) groups is 1. The molecule has 0 heterocycles. The lowest BCUT2D eigenvalue weighted by molar-refractivity contribution is 0.102. The van der Waals surface area contributed by atoms with Crippen molar-refractivity contribution < 1.29 is 22.7 Å². The molecule has 0 amide bonds. The number of methoxy groups -OCH3 is 1. The maximum absolute atomic E-state index is 13.8. The lowest BCUT2D eigenvalue weighted by Crippen LogP contribution is -2.10. The number of hydrogen-bond donors (Lipinski definition) is 1. The molecule has 0 fully saturated rings. The number of hydrogen-bond acceptors (Lipinski definition) is 3. The van der Waals surface area contributed by atoms with Crippen LogP contribution in [0.25, 0.3) is 0 Å². The van der Waals surface area contributed by atoms with Crippen molar-refractivity contribution in [3.05, 3.63) is 58.9 Å². The number of nitrogen functional groups attached to an aromatic ring is 1. The van der Waals surface area contributed by atoms with E-state index in [1.165, 1.54) is 13.2 Å². The first kappa shape index (κ1) is 13.9. The molecule has 0 radical (unpaired) electrons. The first-order valence-electron chi connectivity index (χ1n) is 5.56. The summed E-state index contributed by atoms with van der Waals surface area (Å²) in [7, 11) is 1.23. The molecule has 2 N–H and O–H groups in total. The molecular weight excluding hydrogens is 271 g/mol. The second kappa shape index (κ2) is 5.24. The monoisotopic (exact) mass is 281 g/mol. The smallest absolute Gasteiger partial charge is 0.201 e. The van der Waals surface area contributed by atoms with Gasteiger partial charge in [-0.25, -0.2) is 13.2 Å². The Morgan fingerprint density at radius 1 is 1.05 bits per heavy atom. The number of anilines is 1. The highest BCUT2D eigenvalue weighted by atomic mass is 19.1. The van der Waals surface area contributed by atoms with Crippen LogP contribution in [0, 0.1) is 17.5 Å². The molecule has 0 spiro atoms. The average Bonchev–Trinajstić information content (AvgIpc) is 2.40. The summed E-state index contributed by atoms with van der Waals surface area (Å²) in [5.41, 5.74) is 4.21. The predicted octanol–water partition coefficient (Wildman–Crippen LogP) is 2.93. The number of ether oxygens (including phenoxy) is 1. The van der Waals surface area contributed by atoms with Crippen molar-refractivity contribution in [1.29, 1.82) is 0 Å². The largest absolute Gasteiger partial charge is 0.497 e. The van der Waals surface area contributed by atoms with Gasteiger partial charge in [0.1, 0.15) is 23.2 Å². The number of halogens is 3. The van der Waals surface area contributed by atoms with Gasteiger partial charge in [0.25, 0.3) is 0 Å². The van der Waals surface area contributed by atoms with E-state index in [0.29, 0.717) is 0 Å². The van der Waals surface area contributed by atoms with Gasteiger partial charge in [-0.05, 0) is 18.2 Å². The zero-order chi connectivity index (χ0) is 14.9. The van der Waals surface area contributed by atoms with Crippen LogP contribution in [0.4, 0.5) is 18.9 Å². The highest BCUT2D eigenvalue weighted by Gasteiger charge is 2.23. The first-order chi connectivity index (χ1) is 9.43. The van der Waals surface area contributed by atoms with Crippen molar-refractivity contribution in [1.82, 2.24) is 0 Å². The van der Waals surface area contributed by atoms with Crippen LogP contribution in [0.1, 0.15) is 15.9 Å². The van der Waals surface area contributed by atoms with E-state index in [4.69, 9.17) is 5.73 Å². The summed E-state index contributed by atoms with van der Waals surface area (Å²) >= 11 is 0. The van der Waals surface area contributed by atoms with Crippen molar-refractivity contribution >= 4 is 11.5 Å². The van der Waals surface area contributed by atoms with Crippen molar-refractivity contribution in [3.8, 4) is 5.75 Å². The Bertz CT molecular complexity index is 663. The van der Waals surface area contributed by atoms with Crippen LogP contribution >= 0.6 is 0 Å². The van der Waals surface area contributed by atoms with Crippen LogP contribution in [0.15, 0.2) is 30.3 Å². The van der Waals surface area contributed by atoms with Gasteiger partial charge in [-0.15, -0.1) is 0 Å². The number of carbonyl (C=O) groups excluding carboxylic acids is 1. The lowest BCUT2D eigenvalue weighted by Gasteiger charge is -2.08. The third kappa shape index (κ3) is 2.45. The van der Waals surface area contributed by atoms with Gasteiger partial charge < -0.3 is 10.5 Å². The molecule has 0 saturated carbocycles. The zero-order valence-electron chi connectivity index (χ0n) is 10.4. The molecule has 0 bridgehead atoms. The minimum atomic E-state index is -1.13. The van der Waals surface area contributed by atoms with Crippen molar-refractivity contribution in [3.63, 3.8) is 0 Å². The van der Waals surface area contributed by atoms with Crippen LogP contribution in [0.5, 0.6) is 5.75 Å². The molecule has 2 rings (SSSR count). The number of ketones is 1. The zero-order valence-corrected chi connectivity index (χ0v) is 10.4. The number of rotatable bonds is 3. The highest BCUT2D eigenvalue weighted by molar-refractivity contribution is 6.10. The fourth-order valence-electron chi connectivity index (χ4n) is 1.74. The Balaban J connectivity index is 2.56. The maximum atomic E-state index is 13.8. The Hall–Kier alpha value is -2.50. The summed E-state index contributed by atoms with van der Waals surface area (Å²) in [4.78, 5) is 12.0. The topological polar surface area (TPSA) is 52.3 Å². The molecule has 0 saturated heterocycles. The summed E-state index contributed by atoms with van der Waals surface area (Å²) in [6.07, 6.45) is 0. The lowest BCUT2D eigenvalue weighted by atomic mass is 10.0. The van der Waals surface area contributed by atoms with Gasteiger partial charge in [-0.2, -0.15) is 0 Å². The molecular formula is C14H10F3NO2. The molecule has 104 valence electrons. The van der Waals surface area contributed by atoms with Gasteiger partial charge >= 0.3 is 0 Å². The molecule has 0 atom stereocenters. The highest BCUT2D eigenvalue weighted by Crippen LogP contribution is 2.24. The number of benzene rings is 2. The van der Waals surface area contributed by atoms with Crippen LogP contribution in [0.3, 0.4) is 0 Å². The van der Waals surface area contributed by atoms with Crippen LogP contribution in [-0.4, -0.2) is 12.9 Å². The minimum absolute atomic E-state index is 0.0791. The van der Waals surface area contributed by atoms with E-state index in [2.05, 4.69) is 4.74 Å². The van der Waals surface area contributed by atoms with Crippen molar-refractivity contribution in [2.24, 2.45) is 0 Å². The maximum Gasteiger partial charge on any atom is 0.201 e. The SMILES string of the molecule is COc1cc(F)c(C(=O)c2cc(N)ccc2F)c(F)c1. The second-order valence-electron chi connectivity index (χ2n) is 4.03. The van der Waals surface area contributed by atoms with E-state index in [9.17, 15) is 18.0 Å². The van der Waals surface area contributed by atoms with Gasteiger partial charge in [0.05, 0.1) is 18.2 Å². The molecule has 0 aliphatic rings. The fraction of sp³-hybridized carbons (Fsp3) is 0.0714. The summed E-state index contributed by atoms with van der Waals surface area (Å²) in [5.74, 6) is -4.36. The van der Waals surface area contributed by atoms with E-state index in [-0.39, 0.29) is 11.4 Å². The van der Waals surface area contributed by atoms with Gasteiger partial charge in [0.15, 0.2) is 0 Å². The van der Waals surface area contributed by atoms with E-state index < -0.39 is 34.4 Å². The summed E-state index contributed by atoms with van der Waals surface area (Å²) in [6, 6.07) is 4.93. The average molecular weight is 281 g/mol. The van der Waals surface area contributed by atoms with Gasteiger partial charge in [-0.1, -0.05) is 0 Å². The molecule has 20 heavy (non-hydrogen) atoms. The minimum Gasteiger partial charge on any atom is -0.497 e. The Morgan fingerprint density at radius 3 is 2.20 bits per heavy atom. The standard InChI is InChI=1S/C14H10F3NO2/c1-20-8-5-11(16)13(12(17)6-8)14(19)9-4-7(18)2-3-10(9)15/h2-6H,18H2,1H3. The van der Waals surface area contributed by atoms with Crippen molar-refractivity contribution in [2.75, 3.05) is 12.8 Å². The Kier molecular flexibility index (Phi) is 3.65. The summed E-state index contributed by atoms with van der Waals surface area (Å²) in [6.45, 7) is 0. The van der Waals surface area contributed by atoms with Crippen LogP contribution < -0.4 is 10.5 Å². The quantitative estimate of drug-likeness (QED) is 0.695. The molecule has 0 unspecified atom stereocenters. The summed E-state index contributed by atoms with van der Waals surface area (Å²) in [5, 5.41) is 0. The van der Waals surface area contributed by atoms with Crippen LogP contribution in [0.2, 0.25) is 0 Å². The normalized spacial score (nSPS) is 10.4. The van der Waals surface area contributed by atoms with E-state index >= 15 is 0 Å². The van der Waals surface area contributed by atoms with Gasteiger partial charge in [-0.3, -0.25) is 4.79 Å². The van der Waals surface area contributed by atoms with E-state index in [1.54, 1.807) is 0 Å². The number of nitrogens with two attached hydrogens (primary N) is 1. The van der Waals surface area contributed by atoms with Crippen LogP contribution in [-0.2, 0) is 0 Å². The first-order valence-corrected chi connectivity index (χ1v) is 5.56. The second-order valence-corrected chi connectivity index (χ2v) is 4.03. The van der Waals surface area contributed by atoms with E-state index in [0.717, 1.165) is 24.3 Å². The van der Waals surface area contributed by atoms with Gasteiger partial charge in [0.2, 0.25) is 5.78 Å². The summed E-state index contributed by atoms with van der Waals surface area (Å²) < 4.78 is 45.8. The molecule has 0 aliphatic heterocycles. The Labute approximate surface area is 112 Å². The third-order valence-electron chi connectivity index (χ3n) is 2.71.